The quantitative estimate of drug-likeness (QED) is 0.340. The van der Waals surface area contributed by atoms with Crippen LogP contribution in [0.4, 0.5) is 0 Å². The van der Waals surface area contributed by atoms with Crippen LogP contribution in [0.3, 0.4) is 0 Å². The maximum absolute atomic E-state index is 2.12. The summed E-state index contributed by atoms with van der Waals surface area (Å²) in [6.45, 7) is 0. The maximum atomic E-state index is 2.12. The van der Waals surface area contributed by atoms with Crippen LogP contribution in [-0.2, 0) is 1110 Å². The minimum atomic E-state index is 0. The van der Waals surface area contributed by atoms with Gasteiger partial charge in [-0.15, -0.1) is 0 Å². The molecule has 48 heavy (non-hydrogen) atoms. The Labute approximate surface area is 1160 Å². The smallest absolute Gasteiger partial charge is 0 e. The Hall–Kier alpha value is 36.2. The molecule has 0 nitrogen and oxygen atoms in total. The van der Waals surface area contributed by atoms with E-state index in [2.05, 4.69) is 48.5 Å². The molecule has 0 aliphatic rings. The number of rotatable bonds is 0. The van der Waals surface area contributed by atoms with Gasteiger partial charge >= 0.3 is 0 Å². The fraction of sp³-hybridized carbons (Fsp3) is 0. The van der Waals surface area contributed by atoms with Crippen molar-refractivity contribution in [1.82, 2.24) is 0 Å². The van der Waals surface area contributed by atoms with Crippen LogP contribution >= 0.6 is 0 Å². The number of fused-ring (bicyclic) bond motifs is 1. The molecule has 2 rings (SSSR count). The van der Waals surface area contributed by atoms with Crippen LogP contribution in [0.25, 0.3) is 10.8 Å². The van der Waals surface area contributed by atoms with Crippen molar-refractivity contribution < 1.29 is 1110 Å². The van der Waals surface area contributed by atoms with E-state index >= 15 is 0 Å². The largest absolute Gasteiger partial charge is 0.358 e. The molecule has 0 fully saturated rings. The van der Waals surface area contributed by atoms with Crippen molar-refractivity contribution in [2.24, 2.45) is 0 Å². The standard InChI is InChI=1S/C10H8.4CH3.34Y/c1-2-6-10-8-4-3-7-9(10)5-1;;;;;;;;;;;;;;;;;;;;;;;;;;;;;;;;;;;;;;/h1-8H;4*1H3;;;;;;;;;;;;;;;;;;;;;;;;;;;;;;;;;;/q;4*-1;;;;;;;;;;;;;;;;;;;;;;;;;;;;;;;;;;. The summed E-state index contributed by atoms with van der Waals surface area (Å²) in [7, 11) is 0. The number of hydrogen-bond acceptors (Lipinski definition) is 0. The van der Waals surface area contributed by atoms with Gasteiger partial charge in [0, 0.05) is 1110 Å². The zero-order valence-electron chi connectivity index (χ0n) is 29.2. The van der Waals surface area contributed by atoms with Gasteiger partial charge in [-0.05, 0) is 10.8 Å². The number of benzene rings is 2. The van der Waals surface area contributed by atoms with Crippen molar-refractivity contribution in [2.45, 2.75) is 0 Å². The fourth-order valence-electron chi connectivity index (χ4n) is 1.13. The maximum Gasteiger partial charge on any atom is 0 e. The molecule has 0 atom stereocenters. The van der Waals surface area contributed by atoms with Gasteiger partial charge in [-0.1, -0.05) is 48.5 Å². The van der Waals surface area contributed by atoms with E-state index in [9.17, 15) is 0 Å². The van der Waals surface area contributed by atoms with Gasteiger partial charge in [-0.3, -0.25) is 0 Å². The van der Waals surface area contributed by atoms with Gasteiger partial charge in [0.15, 0.2) is 0 Å². The molecule has 0 bridgehead atoms. The summed E-state index contributed by atoms with van der Waals surface area (Å²) >= 11 is 0. The Morgan fingerprint density at radius 1 is 0.146 bits per heavy atom. The van der Waals surface area contributed by atoms with E-state index in [0.717, 1.165) is 0 Å². The molecule has 0 N–H and O–H groups in total. The monoisotopic (exact) mass is 3210 g/mol. The van der Waals surface area contributed by atoms with Gasteiger partial charge in [0.1, 0.15) is 0 Å². The Kier molecular flexibility index (Phi) is 1220. The molecule has 182 valence electrons. The van der Waals surface area contributed by atoms with E-state index in [1.54, 1.807) is 0 Å². The topological polar surface area (TPSA) is 0 Å². The van der Waals surface area contributed by atoms with Crippen molar-refractivity contribution in [2.75, 3.05) is 0 Å². The summed E-state index contributed by atoms with van der Waals surface area (Å²) in [5, 5.41) is 2.62. The van der Waals surface area contributed by atoms with Crippen LogP contribution in [0.1, 0.15) is 0 Å². The minimum Gasteiger partial charge on any atom is -0.358 e. The Morgan fingerprint density at radius 3 is 0.271 bits per heavy atom. The molecular formula is C14H20Y34-4. The van der Waals surface area contributed by atoms with Crippen LogP contribution in [-0.4, -0.2) is 0 Å². The van der Waals surface area contributed by atoms with Crippen LogP contribution in [0.2, 0.25) is 0 Å². The number of hydrogen-bond donors (Lipinski definition) is 0. The third kappa shape index (κ3) is 184. The van der Waals surface area contributed by atoms with E-state index in [4.69, 9.17) is 0 Å². The van der Waals surface area contributed by atoms with E-state index < -0.39 is 0 Å². The molecule has 2 aromatic rings. The average Bonchev–Trinajstić information content (AvgIpc) is 2.05. The molecule has 0 aliphatic carbocycles. The molecular weight excluding hydrogens is 3190 g/mol. The van der Waals surface area contributed by atoms with Gasteiger partial charge in [-0.25, -0.2) is 0 Å². The van der Waals surface area contributed by atoms with Crippen molar-refractivity contribution in [1.29, 1.82) is 0 Å². The summed E-state index contributed by atoms with van der Waals surface area (Å²) in [4.78, 5) is 0. The zero-order chi connectivity index (χ0) is 6.81. The second kappa shape index (κ2) is 223. The molecule has 0 spiro atoms. The van der Waals surface area contributed by atoms with Gasteiger partial charge < -0.3 is 29.7 Å². The first-order chi connectivity index (χ1) is 4.97. The summed E-state index contributed by atoms with van der Waals surface area (Å²) in [5.41, 5.74) is 0. The molecule has 2 aromatic carbocycles. The van der Waals surface area contributed by atoms with E-state index in [1.807, 2.05) is 0 Å². The van der Waals surface area contributed by atoms with E-state index in [0.29, 0.717) is 0 Å². The Morgan fingerprint density at radius 2 is 0.208 bits per heavy atom. The zero-order valence-corrected chi connectivity index (χ0v) is 126. The SMILES string of the molecule is [CH3-].[CH3-].[CH3-].[CH3-].[Y].[Y].[Y].[Y].[Y].[Y].[Y].[Y].[Y].[Y].[Y].[Y].[Y].[Y].[Y].[Y].[Y].[Y].[Y].[Y].[Y].[Y].[Y].[Y].[Y].[Y].[Y].[Y].[Y].[Y].[Y].[Y].[Y].[Y].c1ccc2ccccc2c1. The Bertz CT molecular complexity index is 313. The van der Waals surface area contributed by atoms with Crippen molar-refractivity contribution in [3.63, 3.8) is 0 Å². The van der Waals surface area contributed by atoms with Crippen molar-refractivity contribution in [3.05, 3.63) is 78.2 Å². The normalized spacial score (nSPS) is 2.08. The first kappa shape index (κ1) is 262. The molecule has 34 radical (unpaired) electrons. The molecule has 0 heterocycles. The van der Waals surface area contributed by atoms with Gasteiger partial charge in [-0.2, -0.15) is 0 Å². The Balaban J connectivity index is -0.000000000910. The van der Waals surface area contributed by atoms with E-state index in [1.165, 1.54) is 10.8 Å². The van der Waals surface area contributed by atoms with Crippen LogP contribution in [0.15, 0.2) is 48.5 Å². The molecule has 0 aromatic heterocycles. The fourth-order valence-corrected chi connectivity index (χ4v) is 1.13. The third-order valence-corrected chi connectivity index (χ3v) is 1.66. The molecule has 0 unspecified atom stereocenters. The van der Waals surface area contributed by atoms with Gasteiger partial charge in [0.25, 0.3) is 0 Å². The second-order valence-electron chi connectivity index (χ2n) is 2.35. The summed E-state index contributed by atoms with van der Waals surface area (Å²) in [6.07, 6.45) is 0. The predicted molar refractivity (Wildman–Crippen MR) is 69.6 cm³/mol. The first-order valence-electron chi connectivity index (χ1n) is 3.40. The average molecular weight is 3210 g/mol. The summed E-state index contributed by atoms with van der Waals surface area (Å²) in [6, 6.07) is 16.7. The van der Waals surface area contributed by atoms with Crippen LogP contribution < -0.4 is 0 Å². The molecule has 34 heteroatoms. The minimum absolute atomic E-state index is 0. The van der Waals surface area contributed by atoms with Crippen molar-refractivity contribution >= 4 is 10.8 Å². The van der Waals surface area contributed by atoms with Crippen LogP contribution in [0, 0.1) is 29.7 Å². The molecule has 0 aliphatic heterocycles. The van der Waals surface area contributed by atoms with E-state index in [-0.39, 0.29) is 1140 Å². The molecule has 0 saturated heterocycles. The third-order valence-electron chi connectivity index (χ3n) is 1.66. The van der Waals surface area contributed by atoms with Crippen LogP contribution in [0.5, 0.6) is 0 Å². The summed E-state index contributed by atoms with van der Waals surface area (Å²) < 4.78 is 0. The van der Waals surface area contributed by atoms with Gasteiger partial charge in [0.05, 0.1) is 0 Å². The molecule has 0 amide bonds. The first-order valence-corrected chi connectivity index (χ1v) is 3.40. The predicted octanol–water partition coefficient (Wildman–Crippen LogP) is 4.56. The molecule has 0 saturated carbocycles. The van der Waals surface area contributed by atoms with Gasteiger partial charge in [0.2, 0.25) is 0 Å². The second-order valence-corrected chi connectivity index (χ2v) is 2.35. The van der Waals surface area contributed by atoms with Crippen molar-refractivity contribution in [3.8, 4) is 0 Å². The summed E-state index contributed by atoms with van der Waals surface area (Å²) in [5.74, 6) is 0.